The summed E-state index contributed by atoms with van der Waals surface area (Å²) in [5.41, 5.74) is 6.95. The van der Waals surface area contributed by atoms with E-state index in [4.69, 9.17) is 0 Å². The minimum Gasteiger partial charge on any atom is -0.341 e. The average molecular weight is 449 g/mol. The van der Waals surface area contributed by atoms with Crippen molar-refractivity contribution in [2.75, 3.05) is 0 Å². The quantitative estimate of drug-likeness (QED) is 0.347. The van der Waals surface area contributed by atoms with Gasteiger partial charge in [-0.25, -0.2) is 9.97 Å². The van der Waals surface area contributed by atoms with E-state index < -0.39 is 0 Å². The Hall–Kier alpha value is -3.22. The Morgan fingerprint density at radius 1 is 0.529 bits per heavy atom. The lowest BCUT2D eigenvalue weighted by atomic mass is 10.0. The minimum atomic E-state index is 0.390. The van der Waals surface area contributed by atoms with Crippen LogP contribution in [0.1, 0.15) is 49.4 Å². The molecule has 2 aliphatic carbocycles. The highest BCUT2D eigenvalue weighted by molar-refractivity contribution is 5.71. The Balaban J connectivity index is 0.972. The molecule has 34 heavy (non-hydrogen) atoms. The van der Waals surface area contributed by atoms with Gasteiger partial charge in [-0.05, 0) is 59.8 Å². The van der Waals surface area contributed by atoms with E-state index >= 15 is 0 Å². The summed E-state index contributed by atoms with van der Waals surface area (Å²) in [4.78, 5) is 16.4. The molecule has 4 aliphatic rings. The van der Waals surface area contributed by atoms with Gasteiger partial charge in [0.1, 0.15) is 11.6 Å². The first-order valence-electron chi connectivity index (χ1n) is 12.6. The maximum absolute atomic E-state index is 4.65. The number of nitrogens with one attached hydrogen (secondary N) is 4. The normalized spacial score (nSPS) is 30.8. The Kier molecular flexibility index (Phi) is 4.02. The molecule has 2 aliphatic heterocycles. The number of rotatable bonds is 5. The molecular weight excluding hydrogens is 420 g/mol. The van der Waals surface area contributed by atoms with E-state index in [-0.39, 0.29) is 0 Å². The van der Waals surface area contributed by atoms with Crippen molar-refractivity contribution in [2.24, 2.45) is 11.8 Å². The summed E-state index contributed by atoms with van der Waals surface area (Å²) in [6.45, 7) is 0. The van der Waals surface area contributed by atoms with Gasteiger partial charge < -0.3 is 20.6 Å². The van der Waals surface area contributed by atoms with Crippen molar-refractivity contribution in [3.8, 4) is 33.6 Å². The van der Waals surface area contributed by atoms with Crippen molar-refractivity contribution in [1.82, 2.24) is 30.6 Å². The summed E-state index contributed by atoms with van der Waals surface area (Å²) in [6.07, 6.45) is 9.04. The van der Waals surface area contributed by atoms with Gasteiger partial charge in [0.25, 0.3) is 0 Å². The molecule has 0 radical (unpaired) electrons. The van der Waals surface area contributed by atoms with Gasteiger partial charge in [0.15, 0.2) is 0 Å². The van der Waals surface area contributed by atoms with Crippen molar-refractivity contribution in [3.63, 3.8) is 0 Å². The summed E-state index contributed by atoms with van der Waals surface area (Å²) in [5, 5.41) is 7.34. The first-order valence-corrected chi connectivity index (χ1v) is 12.6. The number of hydrogen-bond donors (Lipinski definition) is 4. The summed E-state index contributed by atoms with van der Waals surface area (Å²) >= 11 is 0. The zero-order valence-electron chi connectivity index (χ0n) is 19.0. The third kappa shape index (κ3) is 3.24. The second kappa shape index (κ2) is 7.14. The lowest BCUT2D eigenvalue weighted by molar-refractivity contribution is 0.543. The highest BCUT2D eigenvalue weighted by atomic mass is 15.1. The summed E-state index contributed by atoms with van der Waals surface area (Å²) < 4.78 is 0. The highest BCUT2D eigenvalue weighted by Crippen LogP contribution is 2.46. The Labute approximate surface area is 198 Å². The fourth-order valence-corrected chi connectivity index (χ4v) is 6.07. The van der Waals surface area contributed by atoms with Crippen LogP contribution >= 0.6 is 0 Å². The Morgan fingerprint density at radius 2 is 0.941 bits per heavy atom. The predicted octanol–water partition coefficient (Wildman–Crippen LogP) is 4.98. The van der Waals surface area contributed by atoms with Gasteiger partial charge in [-0.3, -0.25) is 0 Å². The van der Waals surface area contributed by atoms with Crippen LogP contribution in [0.4, 0.5) is 0 Å². The number of aromatic amines is 2. The number of imidazole rings is 2. The van der Waals surface area contributed by atoms with Crippen molar-refractivity contribution >= 4 is 0 Å². The lowest BCUT2D eigenvalue weighted by Gasteiger charge is -2.09. The average Bonchev–Trinajstić information content (AvgIpc) is 3.46. The molecule has 2 aromatic heterocycles. The number of aromatic nitrogens is 4. The largest absolute Gasteiger partial charge is 0.341 e. The molecule has 2 aromatic carbocycles. The molecule has 0 bridgehead atoms. The molecule has 6 nitrogen and oxygen atoms in total. The number of H-pyrrole nitrogens is 2. The van der Waals surface area contributed by atoms with Gasteiger partial charge in [0.05, 0.1) is 35.9 Å². The van der Waals surface area contributed by atoms with Gasteiger partial charge in [-0.1, -0.05) is 48.5 Å². The van der Waals surface area contributed by atoms with Crippen molar-refractivity contribution in [1.29, 1.82) is 0 Å². The van der Waals surface area contributed by atoms with E-state index in [2.05, 4.69) is 79.1 Å². The fraction of sp³-hybridized carbons (Fsp3) is 0.357. The van der Waals surface area contributed by atoms with Gasteiger partial charge >= 0.3 is 0 Å². The number of fused-ring (bicyclic) bond motifs is 2. The molecule has 0 unspecified atom stereocenters. The monoisotopic (exact) mass is 448 g/mol. The molecule has 0 spiro atoms. The maximum atomic E-state index is 4.65. The molecule has 8 rings (SSSR count). The van der Waals surface area contributed by atoms with Crippen LogP contribution in [0.15, 0.2) is 60.9 Å². The second-order valence-corrected chi connectivity index (χ2v) is 10.6. The zero-order chi connectivity index (χ0) is 22.2. The van der Waals surface area contributed by atoms with Crippen LogP contribution in [-0.4, -0.2) is 32.0 Å². The zero-order valence-corrected chi connectivity index (χ0v) is 19.0. The Morgan fingerprint density at radius 3 is 1.32 bits per heavy atom. The van der Waals surface area contributed by atoms with Crippen molar-refractivity contribution in [3.05, 3.63) is 72.6 Å². The molecule has 4 fully saturated rings. The molecule has 170 valence electrons. The second-order valence-electron chi connectivity index (χ2n) is 10.6. The maximum Gasteiger partial charge on any atom is 0.123 e. The van der Waals surface area contributed by atoms with Crippen molar-refractivity contribution < 1.29 is 0 Å². The summed E-state index contributed by atoms with van der Waals surface area (Å²) in [7, 11) is 0. The Bertz CT molecular complexity index is 1220. The highest BCUT2D eigenvalue weighted by Gasteiger charge is 2.47. The standard InChI is InChI=1S/C28H28N6/c1-5-17(25-13-29-27(33-25)23-11-19-9-21(19)31-23)6-2-15(1)16-3-7-18(8-4-16)26-14-30-28(34-26)24-12-20-10-22(20)32-24/h1-8,13-14,19-24,31-32H,9-12H2,(H,29,33)(H,30,34)/t19-,20-,21+,22+,23-,24-/m0/s1. The van der Waals surface area contributed by atoms with E-state index in [9.17, 15) is 0 Å². The smallest absolute Gasteiger partial charge is 0.123 e. The van der Waals surface area contributed by atoms with Crippen LogP contribution in [0, 0.1) is 11.8 Å². The van der Waals surface area contributed by atoms with Crippen LogP contribution in [0.2, 0.25) is 0 Å². The van der Waals surface area contributed by atoms with Gasteiger partial charge in [-0.2, -0.15) is 0 Å². The third-order valence-corrected chi connectivity index (χ3v) is 8.33. The molecule has 0 amide bonds. The van der Waals surface area contributed by atoms with Crippen LogP contribution in [0.25, 0.3) is 33.6 Å². The van der Waals surface area contributed by atoms with Crippen LogP contribution in [-0.2, 0) is 0 Å². The first-order chi connectivity index (χ1) is 16.8. The van der Waals surface area contributed by atoms with E-state index in [0.29, 0.717) is 12.1 Å². The van der Waals surface area contributed by atoms with Gasteiger partial charge in [0, 0.05) is 12.1 Å². The first kappa shape index (κ1) is 19.1. The molecule has 6 atom stereocenters. The molecule has 6 heteroatoms. The van der Waals surface area contributed by atoms with Crippen LogP contribution in [0.5, 0.6) is 0 Å². The topological polar surface area (TPSA) is 81.4 Å². The lowest BCUT2D eigenvalue weighted by Crippen LogP contribution is -2.18. The predicted molar refractivity (Wildman–Crippen MR) is 132 cm³/mol. The number of hydrogen-bond acceptors (Lipinski definition) is 4. The number of piperidine rings is 2. The molecule has 4 aromatic rings. The minimum absolute atomic E-state index is 0.390. The number of nitrogens with zero attached hydrogens (tertiary/aromatic N) is 2. The molecule has 4 N–H and O–H groups in total. The van der Waals surface area contributed by atoms with Crippen LogP contribution in [0.3, 0.4) is 0 Å². The number of benzene rings is 2. The van der Waals surface area contributed by atoms with Gasteiger partial charge in [0.2, 0.25) is 0 Å². The van der Waals surface area contributed by atoms with E-state index in [0.717, 1.165) is 47.0 Å². The SMILES string of the molecule is c1cc(-c2cnc([C@@H]3C[C@@H]4C[C@H]4N3)[nH]2)ccc1-c1ccc(-c2cnc([C@@H]3C[C@@H]4C[C@H]4N3)[nH]2)cc1. The van der Waals surface area contributed by atoms with E-state index in [1.165, 1.54) is 47.9 Å². The third-order valence-electron chi connectivity index (χ3n) is 8.33. The van der Waals surface area contributed by atoms with E-state index in [1.807, 2.05) is 12.4 Å². The van der Waals surface area contributed by atoms with Crippen molar-refractivity contribution in [2.45, 2.75) is 49.9 Å². The van der Waals surface area contributed by atoms with E-state index in [1.54, 1.807) is 0 Å². The molecule has 2 saturated carbocycles. The van der Waals surface area contributed by atoms with Gasteiger partial charge in [-0.15, -0.1) is 0 Å². The molecular formula is C28H28N6. The fourth-order valence-electron chi connectivity index (χ4n) is 6.07. The molecule has 4 heterocycles. The summed E-state index contributed by atoms with van der Waals surface area (Å²) in [6, 6.07) is 19.7. The summed E-state index contributed by atoms with van der Waals surface area (Å²) in [5.74, 6) is 3.89. The molecule has 2 saturated heterocycles. The van der Waals surface area contributed by atoms with Crippen LogP contribution < -0.4 is 10.6 Å².